The zero-order chi connectivity index (χ0) is 21.8. The number of thiazole rings is 1. The number of benzene rings is 3. The molecule has 2 heterocycles. The van der Waals surface area contributed by atoms with E-state index in [1.54, 1.807) is 23.5 Å². The minimum atomic E-state index is -0.525. The van der Waals surface area contributed by atoms with Gasteiger partial charge in [-0.2, -0.15) is 0 Å². The molecule has 2 N–H and O–H groups in total. The summed E-state index contributed by atoms with van der Waals surface area (Å²) >= 11 is 1.64. The lowest BCUT2D eigenvalue weighted by Crippen LogP contribution is -2.42. The fourth-order valence-corrected chi connectivity index (χ4v) is 4.89. The van der Waals surface area contributed by atoms with Crippen LogP contribution >= 0.6 is 11.3 Å². The van der Waals surface area contributed by atoms with Crippen molar-refractivity contribution in [2.24, 2.45) is 0 Å². The second kappa shape index (κ2) is 9.48. The highest BCUT2D eigenvalue weighted by atomic mass is 32.1. The van der Waals surface area contributed by atoms with Crippen molar-refractivity contribution in [3.8, 4) is 16.3 Å². The van der Waals surface area contributed by atoms with Gasteiger partial charge >= 0.3 is 6.09 Å². The molecule has 0 bridgehead atoms. The minimum Gasteiger partial charge on any atom is -0.410 e. The van der Waals surface area contributed by atoms with Crippen LogP contribution in [0.25, 0.3) is 20.8 Å². The summed E-state index contributed by atoms with van der Waals surface area (Å²) in [6.45, 7) is 5.19. The van der Waals surface area contributed by atoms with Gasteiger partial charge in [0.25, 0.3) is 0 Å². The van der Waals surface area contributed by atoms with Crippen LogP contribution in [0.4, 0.5) is 10.5 Å². The van der Waals surface area contributed by atoms with Crippen molar-refractivity contribution >= 4 is 33.3 Å². The number of amides is 1. The van der Waals surface area contributed by atoms with Crippen molar-refractivity contribution in [3.05, 3.63) is 78.4 Å². The van der Waals surface area contributed by atoms with Crippen molar-refractivity contribution in [1.29, 1.82) is 0 Å². The van der Waals surface area contributed by atoms with Gasteiger partial charge in [-0.1, -0.05) is 36.4 Å². The van der Waals surface area contributed by atoms with E-state index in [2.05, 4.69) is 33.7 Å². The summed E-state index contributed by atoms with van der Waals surface area (Å²) in [5, 5.41) is 7.13. The lowest BCUT2D eigenvalue weighted by Gasteiger charge is -2.27. The van der Waals surface area contributed by atoms with E-state index in [1.165, 1.54) is 5.56 Å². The van der Waals surface area contributed by atoms with Crippen molar-refractivity contribution in [2.75, 3.05) is 31.5 Å². The van der Waals surface area contributed by atoms with Crippen LogP contribution in [-0.4, -0.2) is 42.2 Å². The number of hydrogen-bond acceptors (Lipinski definition) is 6. The van der Waals surface area contributed by atoms with Gasteiger partial charge in [0.15, 0.2) is 0 Å². The molecule has 0 aliphatic carbocycles. The first-order chi connectivity index (χ1) is 15.7. The first-order valence-electron chi connectivity index (χ1n) is 10.7. The molecule has 7 heteroatoms. The average molecular weight is 445 g/mol. The summed E-state index contributed by atoms with van der Waals surface area (Å²) in [5.74, 6) is 0.500. The maximum atomic E-state index is 12.4. The number of fused-ring (bicyclic) bond motifs is 1. The van der Waals surface area contributed by atoms with Crippen molar-refractivity contribution in [3.63, 3.8) is 0 Å². The largest absolute Gasteiger partial charge is 0.417 e. The highest BCUT2D eigenvalue weighted by Gasteiger charge is 2.15. The zero-order valence-corrected chi connectivity index (χ0v) is 18.4. The van der Waals surface area contributed by atoms with Gasteiger partial charge in [-0.05, 0) is 42.0 Å². The van der Waals surface area contributed by atoms with E-state index >= 15 is 0 Å². The molecule has 0 saturated carbocycles. The minimum absolute atomic E-state index is 0.500. The number of piperazine rings is 1. The summed E-state index contributed by atoms with van der Waals surface area (Å²) < 4.78 is 6.53. The van der Waals surface area contributed by atoms with Crippen LogP contribution in [-0.2, 0) is 6.54 Å². The number of carbonyl (C=O) groups excluding carboxylic acids is 1. The van der Waals surface area contributed by atoms with Gasteiger partial charge in [0.05, 0.1) is 15.9 Å². The number of carbonyl (C=O) groups is 1. The molecule has 0 spiro atoms. The van der Waals surface area contributed by atoms with Crippen LogP contribution in [0.15, 0.2) is 72.8 Å². The molecule has 32 heavy (non-hydrogen) atoms. The Morgan fingerprint density at radius 1 is 1.03 bits per heavy atom. The van der Waals surface area contributed by atoms with Gasteiger partial charge in [-0.15, -0.1) is 11.3 Å². The molecule has 6 nitrogen and oxygen atoms in total. The van der Waals surface area contributed by atoms with Gasteiger partial charge < -0.3 is 10.1 Å². The standard InChI is InChI=1S/C25H24N4O2S/c30-25(31-19-6-2-1-3-7-19)28-21-9-5-4-8-20(21)24-27-22-11-10-18(16-23(22)32-24)17-29-14-12-26-13-15-29/h1-11,16,26H,12-15,17H2,(H,28,30). The Morgan fingerprint density at radius 3 is 2.66 bits per heavy atom. The zero-order valence-electron chi connectivity index (χ0n) is 17.6. The molecule has 3 aromatic carbocycles. The fourth-order valence-electron chi connectivity index (χ4n) is 3.82. The van der Waals surface area contributed by atoms with Crippen LogP contribution < -0.4 is 15.4 Å². The van der Waals surface area contributed by atoms with Gasteiger partial charge in [-0.3, -0.25) is 10.2 Å². The quantitative estimate of drug-likeness (QED) is 0.455. The molecule has 1 fully saturated rings. The molecular weight excluding hydrogens is 420 g/mol. The van der Waals surface area contributed by atoms with E-state index in [0.29, 0.717) is 11.4 Å². The maximum absolute atomic E-state index is 12.4. The lowest BCUT2D eigenvalue weighted by molar-refractivity contribution is 0.215. The van der Waals surface area contributed by atoms with Gasteiger partial charge in [0.2, 0.25) is 0 Å². The Labute approximate surface area is 190 Å². The number of rotatable bonds is 5. The molecule has 0 atom stereocenters. The van der Waals surface area contributed by atoms with E-state index in [9.17, 15) is 4.79 Å². The molecule has 162 valence electrons. The second-order valence-electron chi connectivity index (χ2n) is 7.72. The van der Waals surface area contributed by atoms with Gasteiger partial charge in [-0.25, -0.2) is 9.78 Å². The molecule has 1 saturated heterocycles. The summed E-state index contributed by atoms with van der Waals surface area (Å²) in [6.07, 6.45) is -0.525. The Morgan fingerprint density at radius 2 is 1.81 bits per heavy atom. The Kier molecular flexibility index (Phi) is 6.11. The number of ether oxygens (including phenoxy) is 1. The van der Waals surface area contributed by atoms with Gasteiger partial charge in [0.1, 0.15) is 10.8 Å². The second-order valence-corrected chi connectivity index (χ2v) is 8.75. The fraction of sp³-hybridized carbons (Fsp3) is 0.200. The van der Waals surface area contributed by atoms with Crippen molar-refractivity contribution in [1.82, 2.24) is 15.2 Å². The SMILES string of the molecule is O=C(Nc1ccccc1-c1nc2ccc(CN3CCNCC3)cc2s1)Oc1ccccc1. The third-order valence-electron chi connectivity index (χ3n) is 5.42. The summed E-state index contributed by atoms with van der Waals surface area (Å²) in [7, 11) is 0. The topological polar surface area (TPSA) is 66.5 Å². The summed E-state index contributed by atoms with van der Waals surface area (Å²) in [6, 6.07) is 23.2. The van der Waals surface area contributed by atoms with Gasteiger partial charge in [0, 0.05) is 38.3 Å². The Hall–Kier alpha value is -3.26. The third kappa shape index (κ3) is 4.80. The normalized spacial score (nSPS) is 14.4. The monoisotopic (exact) mass is 444 g/mol. The first kappa shape index (κ1) is 20.6. The van der Waals surface area contributed by atoms with Crippen LogP contribution in [0.1, 0.15) is 5.56 Å². The van der Waals surface area contributed by atoms with E-state index < -0.39 is 6.09 Å². The molecular formula is C25H24N4O2S. The first-order valence-corrected chi connectivity index (χ1v) is 11.5. The Balaban J connectivity index is 1.36. The number of anilines is 1. The number of aromatic nitrogens is 1. The van der Waals surface area contributed by atoms with E-state index in [4.69, 9.17) is 9.72 Å². The van der Waals surface area contributed by atoms with Crippen molar-refractivity contribution < 1.29 is 9.53 Å². The van der Waals surface area contributed by atoms with E-state index in [-0.39, 0.29) is 0 Å². The van der Waals surface area contributed by atoms with Crippen LogP contribution in [0, 0.1) is 0 Å². The van der Waals surface area contributed by atoms with Crippen molar-refractivity contribution in [2.45, 2.75) is 6.54 Å². The molecule has 0 radical (unpaired) electrons. The molecule has 1 aliphatic rings. The molecule has 1 amide bonds. The van der Waals surface area contributed by atoms with Crippen LogP contribution in [0.5, 0.6) is 5.75 Å². The van der Waals surface area contributed by atoms with E-state index in [0.717, 1.165) is 53.5 Å². The number of hydrogen-bond donors (Lipinski definition) is 2. The maximum Gasteiger partial charge on any atom is 0.417 e. The molecule has 4 aromatic rings. The average Bonchev–Trinajstić information content (AvgIpc) is 3.24. The van der Waals surface area contributed by atoms with E-state index in [1.807, 2.05) is 42.5 Å². The number of nitrogens with zero attached hydrogens (tertiary/aromatic N) is 2. The number of para-hydroxylation sites is 2. The molecule has 1 aliphatic heterocycles. The lowest BCUT2D eigenvalue weighted by atomic mass is 10.2. The smallest absolute Gasteiger partial charge is 0.410 e. The highest BCUT2D eigenvalue weighted by molar-refractivity contribution is 7.21. The predicted molar refractivity (Wildman–Crippen MR) is 129 cm³/mol. The summed E-state index contributed by atoms with van der Waals surface area (Å²) in [4.78, 5) is 19.7. The van der Waals surface area contributed by atoms with Crippen LogP contribution in [0.2, 0.25) is 0 Å². The Bertz CT molecular complexity index is 1220. The highest BCUT2D eigenvalue weighted by Crippen LogP contribution is 2.35. The third-order valence-corrected chi connectivity index (χ3v) is 6.47. The molecule has 0 unspecified atom stereocenters. The predicted octanol–water partition coefficient (Wildman–Crippen LogP) is 4.98. The molecule has 5 rings (SSSR count). The summed E-state index contributed by atoms with van der Waals surface area (Å²) in [5.41, 5.74) is 3.82. The van der Waals surface area contributed by atoms with Crippen LogP contribution in [0.3, 0.4) is 0 Å². The number of nitrogens with one attached hydrogen (secondary N) is 2. The molecule has 1 aromatic heterocycles.